The average molecular weight is 242 g/mol. The topological polar surface area (TPSA) is 0 Å². The second-order valence-electron chi connectivity index (χ2n) is 6.10. The fraction of sp³-hybridized carbons (Fsp3) is 1.00. The molecule has 0 rings (SSSR count). The Labute approximate surface area is 110 Å². The van der Waals surface area contributed by atoms with Gasteiger partial charge in [-0.2, -0.15) is 0 Å². The predicted octanol–water partition coefficient (Wildman–Crippen LogP) is 4.86. The van der Waals surface area contributed by atoms with Crippen LogP contribution in [0.5, 0.6) is 0 Å². The van der Waals surface area contributed by atoms with Crippen molar-refractivity contribution >= 4 is 0 Å². The Hall–Kier alpha value is -0.0400. The zero-order chi connectivity index (χ0) is 13.1. The molecule has 0 saturated carbocycles. The summed E-state index contributed by atoms with van der Waals surface area (Å²) in [6.45, 7) is 17.3. The molecule has 104 valence electrons. The molecule has 0 aliphatic heterocycles. The Balaban J connectivity index is 4.28. The lowest BCUT2D eigenvalue weighted by Gasteiger charge is -2.39. The van der Waals surface area contributed by atoms with Crippen LogP contribution in [0.1, 0.15) is 73.1 Å². The second kappa shape index (κ2) is 9.94. The maximum Gasteiger partial charge on any atom is 0.0809 e. The zero-order valence-corrected chi connectivity index (χ0v) is 13.1. The summed E-state index contributed by atoms with van der Waals surface area (Å²) in [6, 6.07) is 0. The molecule has 1 nitrogen and oxygen atoms in total. The van der Waals surface area contributed by atoms with Gasteiger partial charge < -0.3 is 4.48 Å². The van der Waals surface area contributed by atoms with Crippen molar-refractivity contribution in [2.45, 2.75) is 73.1 Å². The monoisotopic (exact) mass is 242 g/mol. The van der Waals surface area contributed by atoms with Gasteiger partial charge in [-0.15, -0.1) is 0 Å². The summed E-state index contributed by atoms with van der Waals surface area (Å²) in [4.78, 5) is 0. The van der Waals surface area contributed by atoms with Crippen molar-refractivity contribution in [3.05, 3.63) is 0 Å². The van der Waals surface area contributed by atoms with E-state index in [1.807, 2.05) is 0 Å². The van der Waals surface area contributed by atoms with Gasteiger partial charge in [-0.05, 0) is 32.6 Å². The highest BCUT2D eigenvalue weighted by Crippen LogP contribution is 2.16. The van der Waals surface area contributed by atoms with Crippen molar-refractivity contribution in [2.75, 3.05) is 26.2 Å². The van der Waals surface area contributed by atoms with Gasteiger partial charge in [0.25, 0.3) is 0 Å². The summed E-state index contributed by atoms with van der Waals surface area (Å²) in [7, 11) is 0. The fourth-order valence-electron chi connectivity index (χ4n) is 2.91. The van der Waals surface area contributed by atoms with E-state index in [0.717, 1.165) is 5.92 Å². The van der Waals surface area contributed by atoms with Crippen molar-refractivity contribution in [3.63, 3.8) is 0 Å². The highest BCUT2D eigenvalue weighted by molar-refractivity contribution is 4.50. The molecule has 0 bridgehead atoms. The molecular weight excluding hydrogens is 206 g/mol. The third-order valence-corrected chi connectivity index (χ3v) is 3.90. The Morgan fingerprint density at radius 3 is 1.53 bits per heavy atom. The minimum Gasteiger partial charge on any atom is -0.324 e. The van der Waals surface area contributed by atoms with Crippen molar-refractivity contribution in [1.29, 1.82) is 0 Å². The normalized spacial score (nSPS) is 12.4. The van der Waals surface area contributed by atoms with Gasteiger partial charge in [0.2, 0.25) is 0 Å². The Bertz CT molecular complexity index is 153. The van der Waals surface area contributed by atoms with E-state index in [0.29, 0.717) is 0 Å². The molecule has 0 spiro atoms. The van der Waals surface area contributed by atoms with E-state index >= 15 is 0 Å². The van der Waals surface area contributed by atoms with Crippen molar-refractivity contribution < 1.29 is 4.48 Å². The van der Waals surface area contributed by atoms with Crippen LogP contribution in [-0.4, -0.2) is 30.7 Å². The maximum atomic E-state index is 2.39. The van der Waals surface area contributed by atoms with E-state index in [1.54, 1.807) is 0 Å². The number of nitrogens with zero attached hydrogens (tertiary/aromatic N) is 1. The molecule has 0 aliphatic carbocycles. The minimum absolute atomic E-state index is 0.832. The van der Waals surface area contributed by atoms with Crippen LogP contribution in [0.15, 0.2) is 0 Å². The Morgan fingerprint density at radius 2 is 1.24 bits per heavy atom. The van der Waals surface area contributed by atoms with Crippen molar-refractivity contribution in [1.82, 2.24) is 0 Å². The molecule has 0 fully saturated rings. The number of hydrogen-bond donors (Lipinski definition) is 0. The molecule has 0 aromatic carbocycles. The van der Waals surface area contributed by atoms with Crippen LogP contribution in [0.4, 0.5) is 0 Å². The highest BCUT2D eigenvalue weighted by Gasteiger charge is 2.25. The van der Waals surface area contributed by atoms with Gasteiger partial charge in [-0.1, -0.05) is 40.5 Å². The van der Waals surface area contributed by atoms with Gasteiger partial charge in [-0.3, -0.25) is 0 Å². The molecule has 0 heterocycles. The smallest absolute Gasteiger partial charge is 0.0809 e. The SMILES string of the molecule is CCCCC[N+](CC)(CCCCC)CC(C)C. The fourth-order valence-corrected chi connectivity index (χ4v) is 2.91. The summed E-state index contributed by atoms with van der Waals surface area (Å²) >= 11 is 0. The molecule has 0 N–H and O–H groups in total. The molecule has 0 radical (unpaired) electrons. The Morgan fingerprint density at radius 1 is 0.765 bits per heavy atom. The first kappa shape index (κ1) is 17.0. The van der Waals surface area contributed by atoms with E-state index in [-0.39, 0.29) is 0 Å². The summed E-state index contributed by atoms with van der Waals surface area (Å²) in [5.74, 6) is 0.832. The van der Waals surface area contributed by atoms with E-state index in [1.165, 1.54) is 69.2 Å². The molecule has 0 aromatic rings. The summed E-state index contributed by atoms with van der Waals surface area (Å²) in [5.41, 5.74) is 0. The average Bonchev–Trinajstić information content (AvgIpc) is 2.28. The standard InChI is InChI=1S/C16H36N/c1-6-9-11-13-17(8-3,15-16(4)5)14-12-10-7-2/h16H,6-15H2,1-5H3/q+1. The van der Waals surface area contributed by atoms with Crippen molar-refractivity contribution in [3.8, 4) is 0 Å². The third kappa shape index (κ3) is 7.81. The van der Waals surface area contributed by atoms with E-state index < -0.39 is 0 Å². The lowest BCUT2D eigenvalue weighted by atomic mass is 10.1. The largest absolute Gasteiger partial charge is 0.324 e. The van der Waals surface area contributed by atoms with Crippen LogP contribution in [0.3, 0.4) is 0 Å². The molecule has 0 atom stereocenters. The minimum atomic E-state index is 0.832. The molecular formula is C16H36N+. The number of hydrogen-bond acceptors (Lipinski definition) is 0. The van der Waals surface area contributed by atoms with E-state index in [2.05, 4.69) is 34.6 Å². The summed E-state index contributed by atoms with van der Waals surface area (Å²) in [5, 5.41) is 0. The molecule has 0 unspecified atom stereocenters. The van der Waals surface area contributed by atoms with Crippen LogP contribution < -0.4 is 0 Å². The van der Waals surface area contributed by atoms with Gasteiger partial charge >= 0.3 is 0 Å². The third-order valence-electron chi connectivity index (χ3n) is 3.90. The number of unbranched alkanes of at least 4 members (excludes halogenated alkanes) is 4. The van der Waals surface area contributed by atoms with Crippen LogP contribution in [0, 0.1) is 5.92 Å². The summed E-state index contributed by atoms with van der Waals surface area (Å²) in [6.07, 6.45) is 8.35. The number of quaternary nitrogens is 1. The Kier molecular flexibility index (Phi) is 9.91. The maximum absolute atomic E-state index is 2.39. The molecule has 0 aliphatic rings. The van der Waals surface area contributed by atoms with Gasteiger partial charge in [0, 0.05) is 5.92 Å². The van der Waals surface area contributed by atoms with Crippen molar-refractivity contribution in [2.24, 2.45) is 5.92 Å². The van der Waals surface area contributed by atoms with Gasteiger partial charge in [-0.25, -0.2) is 0 Å². The van der Waals surface area contributed by atoms with E-state index in [4.69, 9.17) is 0 Å². The van der Waals surface area contributed by atoms with Crippen LogP contribution in [0.2, 0.25) is 0 Å². The van der Waals surface area contributed by atoms with Crippen LogP contribution in [-0.2, 0) is 0 Å². The first-order chi connectivity index (χ1) is 8.10. The highest BCUT2D eigenvalue weighted by atomic mass is 15.3. The van der Waals surface area contributed by atoms with Gasteiger partial charge in [0.05, 0.1) is 26.2 Å². The quantitative estimate of drug-likeness (QED) is 0.358. The first-order valence-electron chi connectivity index (χ1n) is 7.95. The summed E-state index contributed by atoms with van der Waals surface area (Å²) < 4.78 is 1.37. The zero-order valence-electron chi connectivity index (χ0n) is 13.1. The van der Waals surface area contributed by atoms with Gasteiger partial charge in [0.15, 0.2) is 0 Å². The molecule has 0 aromatic heterocycles. The first-order valence-corrected chi connectivity index (χ1v) is 7.95. The van der Waals surface area contributed by atoms with Gasteiger partial charge in [0.1, 0.15) is 0 Å². The molecule has 0 amide bonds. The van der Waals surface area contributed by atoms with E-state index in [9.17, 15) is 0 Å². The molecule has 1 heteroatoms. The lowest BCUT2D eigenvalue weighted by Crippen LogP contribution is -2.51. The second-order valence-corrected chi connectivity index (χ2v) is 6.10. The van der Waals surface area contributed by atoms with Crippen LogP contribution in [0.25, 0.3) is 0 Å². The number of rotatable bonds is 11. The molecule has 0 saturated heterocycles. The lowest BCUT2D eigenvalue weighted by molar-refractivity contribution is -0.929. The van der Waals surface area contributed by atoms with Crippen LogP contribution >= 0.6 is 0 Å². The molecule has 17 heavy (non-hydrogen) atoms. The predicted molar refractivity (Wildman–Crippen MR) is 79.3 cm³/mol.